The first-order valence-corrected chi connectivity index (χ1v) is 6.88. The lowest BCUT2D eigenvalue weighted by molar-refractivity contribution is 0.364. The van der Waals surface area contributed by atoms with Gasteiger partial charge in [-0.15, -0.1) is 0 Å². The Morgan fingerprint density at radius 3 is 2.52 bits per heavy atom. The third-order valence-corrected chi connectivity index (χ3v) is 3.25. The normalized spacial score (nSPS) is 11.0. The van der Waals surface area contributed by atoms with Crippen LogP contribution in [0.4, 0.5) is 0 Å². The molecule has 3 rings (SSSR count). The zero-order chi connectivity index (χ0) is 14.5. The number of phenols is 1. The fraction of sp³-hybridized carbons (Fsp3) is 0.0526. The van der Waals surface area contributed by atoms with Crippen LogP contribution in [0, 0.1) is 0 Å². The molecule has 0 unspecified atom stereocenters. The maximum atomic E-state index is 9.51. The smallest absolute Gasteiger partial charge is 0.120 e. The van der Waals surface area contributed by atoms with E-state index in [1.807, 2.05) is 54.6 Å². The predicted molar refractivity (Wildman–Crippen MR) is 86.6 cm³/mol. The molecule has 0 bridgehead atoms. The number of rotatable bonds is 4. The molecule has 21 heavy (non-hydrogen) atoms. The molecular formula is C19H16O2. The van der Waals surface area contributed by atoms with Gasteiger partial charge in [-0.2, -0.15) is 0 Å². The van der Waals surface area contributed by atoms with Crippen molar-refractivity contribution in [2.75, 3.05) is 6.61 Å². The van der Waals surface area contributed by atoms with Gasteiger partial charge in [-0.25, -0.2) is 0 Å². The van der Waals surface area contributed by atoms with Gasteiger partial charge in [0.25, 0.3) is 0 Å². The van der Waals surface area contributed by atoms with E-state index in [1.165, 1.54) is 0 Å². The Morgan fingerprint density at radius 2 is 1.67 bits per heavy atom. The highest BCUT2D eigenvalue weighted by molar-refractivity contribution is 5.85. The Bertz CT molecular complexity index is 761. The molecule has 0 radical (unpaired) electrons. The van der Waals surface area contributed by atoms with Crippen LogP contribution in [-0.2, 0) is 0 Å². The summed E-state index contributed by atoms with van der Waals surface area (Å²) >= 11 is 0. The quantitative estimate of drug-likeness (QED) is 0.752. The summed E-state index contributed by atoms with van der Waals surface area (Å²) in [6.45, 7) is 0.513. The zero-order valence-corrected chi connectivity index (χ0v) is 11.6. The number of aromatic hydroxyl groups is 1. The molecule has 104 valence electrons. The van der Waals surface area contributed by atoms with Gasteiger partial charge in [-0.1, -0.05) is 48.5 Å². The highest BCUT2D eigenvalue weighted by Gasteiger charge is 1.98. The molecule has 0 heterocycles. The van der Waals surface area contributed by atoms with Gasteiger partial charge in [0, 0.05) is 0 Å². The van der Waals surface area contributed by atoms with Crippen molar-refractivity contribution in [3.63, 3.8) is 0 Å². The zero-order valence-electron chi connectivity index (χ0n) is 11.6. The average molecular weight is 276 g/mol. The average Bonchev–Trinajstić information content (AvgIpc) is 2.52. The maximum Gasteiger partial charge on any atom is 0.120 e. The van der Waals surface area contributed by atoms with Crippen molar-refractivity contribution in [3.05, 3.63) is 78.4 Å². The summed E-state index contributed by atoms with van der Waals surface area (Å²) in [6, 6.07) is 21.3. The molecule has 0 spiro atoms. The largest absolute Gasteiger partial charge is 0.508 e. The van der Waals surface area contributed by atoms with Crippen LogP contribution in [0.15, 0.2) is 72.8 Å². The van der Waals surface area contributed by atoms with Gasteiger partial charge in [0.2, 0.25) is 0 Å². The molecule has 0 aliphatic rings. The molecule has 3 aromatic rings. The first-order valence-electron chi connectivity index (χ1n) is 6.88. The van der Waals surface area contributed by atoms with Gasteiger partial charge in [-0.3, -0.25) is 0 Å². The van der Waals surface area contributed by atoms with Crippen LogP contribution < -0.4 is 4.74 Å². The second-order valence-corrected chi connectivity index (χ2v) is 4.82. The highest BCUT2D eigenvalue weighted by Crippen LogP contribution is 2.24. The Morgan fingerprint density at radius 1 is 0.857 bits per heavy atom. The van der Waals surface area contributed by atoms with Crippen LogP contribution >= 0.6 is 0 Å². The summed E-state index contributed by atoms with van der Waals surface area (Å²) in [6.07, 6.45) is 4.02. The minimum atomic E-state index is 0.267. The Kier molecular flexibility index (Phi) is 3.88. The molecule has 0 aliphatic carbocycles. The molecular weight excluding hydrogens is 260 g/mol. The van der Waals surface area contributed by atoms with Crippen molar-refractivity contribution in [1.82, 2.24) is 0 Å². The minimum Gasteiger partial charge on any atom is -0.508 e. The molecule has 2 nitrogen and oxygen atoms in total. The lowest BCUT2D eigenvalue weighted by Gasteiger charge is -2.05. The summed E-state index contributed by atoms with van der Waals surface area (Å²) in [5.41, 5.74) is 1.16. The van der Waals surface area contributed by atoms with Gasteiger partial charge in [0.1, 0.15) is 18.1 Å². The molecule has 0 atom stereocenters. The Hall–Kier alpha value is -2.74. The van der Waals surface area contributed by atoms with E-state index in [9.17, 15) is 5.11 Å². The monoisotopic (exact) mass is 276 g/mol. The summed E-state index contributed by atoms with van der Waals surface area (Å²) in [7, 11) is 0. The van der Waals surface area contributed by atoms with E-state index >= 15 is 0 Å². The standard InChI is InChI=1S/C19H16O2/c20-18-10-8-16-9-11-19(14-17(16)13-18)21-12-4-7-15-5-2-1-3-6-15/h1-11,13-14,20H,12H2/b7-4+. The van der Waals surface area contributed by atoms with Crippen molar-refractivity contribution >= 4 is 16.8 Å². The highest BCUT2D eigenvalue weighted by atomic mass is 16.5. The van der Waals surface area contributed by atoms with Crippen LogP contribution in [0.1, 0.15) is 5.56 Å². The topological polar surface area (TPSA) is 29.5 Å². The lowest BCUT2D eigenvalue weighted by Crippen LogP contribution is -1.92. The number of ether oxygens (including phenoxy) is 1. The number of hydrogen-bond acceptors (Lipinski definition) is 2. The second kappa shape index (κ2) is 6.14. The van der Waals surface area contributed by atoms with Crippen LogP contribution in [0.2, 0.25) is 0 Å². The Labute approximate surface area is 123 Å². The van der Waals surface area contributed by atoms with Gasteiger partial charge < -0.3 is 9.84 Å². The number of benzene rings is 3. The van der Waals surface area contributed by atoms with Crippen LogP contribution in [0.3, 0.4) is 0 Å². The third kappa shape index (κ3) is 3.42. The molecule has 3 aromatic carbocycles. The van der Waals surface area contributed by atoms with E-state index in [1.54, 1.807) is 12.1 Å². The van der Waals surface area contributed by atoms with Crippen LogP contribution in [0.25, 0.3) is 16.8 Å². The molecule has 0 aromatic heterocycles. The van der Waals surface area contributed by atoms with Crippen molar-refractivity contribution in [1.29, 1.82) is 0 Å². The van der Waals surface area contributed by atoms with Crippen molar-refractivity contribution in [2.24, 2.45) is 0 Å². The molecule has 0 saturated heterocycles. The Balaban J connectivity index is 1.66. The van der Waals surface area contributed by atoms with Crippen LogP contribution in [0.5, 0.6) is 11.5 Å². The van der Waals surface area contributed by atoms with E-state index in [0.29, 0.717) is 6.61 Å². The summed E-state index contributed by atoms with van der Waals surface area (Å²) in [4.78, 5) is 0. The first-order chi connectivity index (χ1) is 10.3. The number of fused-ring (bicyclic) bond motifs is 1. The molecule has 0 amide bonds. The SMILES string of the molecule is Oc1ccc2ccc(OC/C=C/c3ccccc3)cc2c1. The number of phenolic OH excluding ortho intramolecular Hbond substituents is 1. The molecule has 2 heteroatoms. The summed E-state index contributed by atoms with van der Waals surface area (Å²) in [5, 5.41) is 11.6. The first kappa shape index (κ1) is 13.3. The number of hydrogen-bond donors (Lipinski definition) is 1. The molecule has 0 fully saturated rings. The van der Waals surface area contributed by atoms with Crippen molar-refractivity contribution < 1.29 is 9.84 Å². The lowest BCUT2D eigenvalue weighted by atomic mass is 10.1. The minimum absolute atomic E-state index is 0.267. The molecule has 1 N–H and O–H groups in total. The molecule has 0 aliphatic heterocycles. The van der Waals surface area contributed by atoms with Crippen molar-refractivity contribution in [2.45, 2.75) is 0 Å². The van der Waals surface area contributed by atoms with Crippen LogP contribution in [-0.4, -0.2) is 11.7 Å². The summed E-state index contributed by atoms with van der Waals surface area (Å²) in [5.74, 6) is 1.06. The molecule has 0 saturated carbocycles. The van der Waals surface area contributed by atoms with Crippen molar-refractivity contribution in [3.8, 4) is 11.5 Å². The summed E-state index contributed by atoms with van der Waals surface area (Å²) < 4.78 is 5.71. The fourth-order valence-corrected chi connectivity index (χ4v) is 2.19. The third-order valence-electron chi connectivity index (χ3n) is 3.25. The maximum absolute atomic E-state index is 9.51. The van der Waals surface area contributed by atoms with E-state index in [-0.39, 0.29) is 5.75 Å². The predicted octanol–water partition coefficient (Wildman–Crippen LogP) is 4.64. The van der Waals surface area contributed by atoms with Gasteiger partial charge in [-0.05, 0) is 46.7 Å². The van der Waals surface area contributed by atoms with E-state index in [2.05, 4.69) is 12.1 Å². The van der Waals surface area contributed by atoms with E-state index in [0.717, 1.165) is 22.1 Å². The van der Waals surface area contributed by atoms with Gasteiger partial charge in [0.15, 0.2) is 0 Å². The van der Waals surface area contributed by atoms with E-state index in [4.69, 9.17) is 4.74 Å². The van der Waals surface area contributed by atoms with Gasteiger partial charge >= 0.3 is 0 Å². The fourth-order valence-electron chi connectivity index (χ4n) is 2.19. The van der Waals surface area contributed by atoms with E-state index < -0.39 is 0 Å². The second-order valence-electron chi connectivity index (χ2n) is 4.82. The van der Waals surface area contributed by atoms with Gasteiger partial charge in [0.05, 0.1) is 0 Å².